The van der Waals surface area contributed by atoms with E-state index < -0.39 is 0 Å². The maximum absolute atomic E-state index is 6.01. The molecule has 2 aromatic carbocycles. The van der Waals surface area contributed by atoms with Gasteiger partial charge in [-0.25, -0.2) is 0 Å². The molecule has 0 radical (unpaired) electrons. The zero-order chi connectivity index (χ0) is 15.6. The standard InChI is InChI=1S/C19H25NO2/c1-16(2)20-13-19(15-22-18-11-7-4-8-12-18)21-14-17-9-5-3-6-10-17/h3-12,16,19-20H,13-15H2,1-2H3. The third-order valence-electron chi connectivity index (χ3n) is 3.26. The first-order chi connectivity index (χ1) is 10.7. The highest BCUT2D eigenvalue weighted by Gasteiger charge is 2.11. The number of ether oxygens (including phenoxy) is 2. The van der Waals surface area contributed by atoms with Crippen molar-refractivity contribution in [3.8, 4) is 5.75 Å². The van der Waals surface area contributed by atoms with Crippen LogP contribution in [0.3, 0.4) is 0 Å². The molecule has 2 rings (SSSR count). The lowest BCUT2D eigenvalue weighted by Gasteiger charge is -2.20. The molecule has 0 aliphatic rings. The van der Waals surface area contributed by atoms with Gasteiger partial charge in [0.15, 0.2) is 0 Å². The summed E-state index contributed by atoms with van der Waals surface area (Å²) >= 11 is 0. The molecule has 0 spiro atoms. The third-order valence-corrected chi connectivity index (χ3v) is 3.26. The van der Waals surface area contributed by atoms with Crippen LogP contribution in [-0.2, 0) is 11.3 Å². The molecule has 0 bridgehead atoms. The molecule has 0 aromatic heterocycles. The van der Waals surface area contributed by atoms with Crippen LogP contribution in [0.15, 0.2) is 60.7 Å². The van der Waals surface area contributed by atoms with Crippen LogP contribution in [0.25, 0.3) is 0 Å². The summed E-state index contributed by atoms with van der Waals surface area (Å²) in [5, 5.41) is 3.41. The van der Waals surface area contributed by atoms with Crippen molar-refractivity contribution in [3.05, 3.63) is 66.2 Å². The van der Waals surface area contributed by atoms with Gasteiger partial charge in [0.25, 0.3) is 0 Å². The van der Waals surface area contributed by atoms with E-state index in [0.29, 0.717) is 19.3 Å². The summed E-state index contributed by atoms with van der Waals surface area (Å²) in [5.41, 5.74) is 1.18. The molecular weight excluding hydrogens is 274 g/mol. The van der Waals surface area contributed by atoms with Gasteiger partial charge in [-0.15, -0.1) is 0 Å². The van der Waals surface area contributed by atoms with Gasteiger partial charge in [-0.3, -0.25) is 0 Å². The summed E-state index contributed by atoms with van der Waals surface area (Å²) in [7, 11) is 0. The molecule has 0 heterocycles. The van der Waals surface area contributed by atoms with Crippen LogP contribution in [0.5, 0.6) is 5.75 Å². The van der Waals surface area contributed by atoms with Crippen LogP contribution in [0.1, 0.15) is 19.4 Å². The van der Waals surface area contributed by atoms with E-state index >= 15 is 0 Å². The van der Waals surface area contributed by atoms with Crippen molar-refractivity contribution in [2.75, 3.05) is 13.2 Å². The molecular formula is C19H25NO2. The number of rotatable bonds is 9. The van der Waals surface area contributed by atoms with E-state index in [0.717, 1.165) is 12.3 Å². The average molecular weight is 299 g/mol. The second kappa shape index (κ2) is 9.23. The van der Waals surface area contributed by atoms with Gasteiger partial charge in [0.1, 0.15) is 18.5 Å². The van der Waals surface area contributed by atoms with Crippen LogP contribution in [-0.4, -0.2) is 25.3 Å². The Labute approximate surface area is 133 Å². The fraction of sp³-hybridized carbons (Fsp3) is 0.368. The Morgan fingerprint density at radius 1 is 0.909 bits per heavy atom. The normalized spacial score (nSPS) is 12.3. The minimum Gasteiger partial charge on any atom is -0.491 e. The number of hydrogen-bond acceptors (Lipinski definition) is 3. The van der Waals surface area contributed by atoms with Gasteiger partial charge in [-0.05, 0) is 17.7 Å². The van der Waals surface area contributed by atoms with Gasteiger partial charge in [0, 0.05) is 12.6 Å². The summed E-state index contributed by atoms with van der Waals surface area (Å²) in [5.74, 6) is 0.875. The molecule has 0 aliphatic carbocycles. The van der Waals surface area contributed by atoms with E-state index in [1.165, 1.54) is 5.56 Å². The van der Waals surface area contributed by atoms with Crippen molar-refractivity contribution in [1.82, 2.24) is 5.32 Å². The van der Waals surface area contributed by atoms with Gasteiger partial charge < -0.3 is 14.8 Å². The van der Waals surface area contributed by atoms with Crippen LogP contribution < -0.4 is 10.1 Å². The fourth-order valence-electron chi connectivity index (χ4n) is 2.03. The number of hydrogen-bond donors (Lipinski definition) is 1. The molecule has 1 N–H and O–H groups in total. The van der Waals surface area contributed by atoms with Crippen molar-refractivity contribution in [1.29, 1.82) is 0 Å². The largest absolute Gasteiger partial charge is 0.491 e. The SMILES string of the molecule is CC(C)NCC(COc1ccccc1)OCc1ccccc1. The second-order valence-corrected chi connectivity index (χ2v) is 5.61. The lowest BCUT2D eigenvalue weighted by atomic mass is 10.2. The zero-order valence-corrected chi connectivity index (χ0v) is 13.4. The molecule has 0 saturated carbocycles. The lowest BCUT2D eigenvalue weighted by Crippen LogP contribution is -2.37. The predicted molar refractivity (Wildman–Crippen MR) is 90.1 cm³/mol. The Morgan fingerprint density at radius 3 is 2.18 bits per heavy atom. The molecule has 0 fully saturated rings. The van der Waals surface area contributed by atoms with Gasteiger partial charge in [0.05, 0.1) is 6.61 Å². The summed E-state index contributed by atoms with van der Waals surface area (Å²) in [6.07, 6.45) is 0.0165. The second-order valence-electron chi connectivity index (χ2n) is 5.61. The predicted octanol–water partition coefficient (Wildman–Crippen LogP) is 3.65. The molecule has 1 atom stereocenters. The highest BCUT2D eigenvalue weighted by molar-refractivity contribution is 5.21. The van der Waals surface area contributed by atoms with Crippen molar-refractivity contribution in [3.63, 3.8) is 0 Å². The van der Waals surface area contributed by atoms with Crippen LogP contribution in [0.2, 0.25) is 0 Å². The van der Waals surface area contributed by atoms with E-state index in [2.05, 4.69) is 31.3 Å². The summed E-state index contributed by atoms with van der Waals surface area (Å²) < 4.78 is 11.8. The molecule has 1 unspecified atom stereocenters. The average Bonchev–Trinajstić information content (AvgIpc) is 2.56. The maximum atomic E-state index is 6.01. The minimum atomic E-state index is 0.0165. The van der Waals surface area contributed by atoms with E-state index in [4.69, 9.17) is 9.47 Å². The lowest BCUT2D eigenvalue weighted by molar-refractivity contribution is 0.00923. The van der Waals surface area contributed by atoms with E-state index in [9.17, 15) is 0 Å². The minimum absolute atomic E-state index is 0.0165. The maximum Gasteiger partial charge on any atom is 0.119 e. The first kappa shape index (κ1) is 16.5. The molecule has 0 amide bonds. The van der Waals surface area contributed by atoms with Gasteiger partial charge in [-0.1, -0.05) is 62.4 Å². The molecule has 3 heteroatoms. The smallest absolute Gasteiger partial charge is 0.119 e. The number of nitrogens with one attached hydrogen (secondary N) is 1. The molecule has 0 aliphatic heterocycles. The van der Waals surface area contributed by atoms with E-state index in [1.54, 1.807) is 0 Å². The summed E-state index contributed by atoms with van der Waals surface area (Å²) in [4.78, 5) is 0. The van der Waals surface area contributed by atoms with Crippen molar-refractivity contribution in [2.45, 2.75) is 32.6 Å². The summed E-state index contributed by atoms with van der Waals surface area (Å²) in [6.45, 7) is 6.18. The van der Waals surface area contributed by atoms with Crippen molar-refractivity contribution < 1.29 is 9.47 Å². The Bertz CT molecular complexity index is 470. The van der Waals surface area contributed by atoms with Gasteiger partial charge in [-0.2, -0.15) is 0 Å². The Kier molecular flexibility index (Phi) is 6.94. The first-order valence-electron chi connectivity index (χ1n) is 7.81. The third kappa shape index (κ3) is 6.29. The topological polar surface area (TPSA) is 30.5 Å². The quantitative estimate of drug-likeness (QED) is 0.766. The Morgan fingerprint density at radius 2 is 1.55 bits per heavy atom. The molecule has 22 heavy (non-hydrogen) atoms. The summed E-state index contributed by atoms with van der Waals surface area (Å²) in [6, 6.07) is 20.5. The van der Waals surface area contributed by atoms with E-state index in [1.807, 2.05) is 48.5 Å². The highest BCUT2D eigenvalue weighted by Crippen LogP contribution is 2.10. The van der Waals surface area contributed by atoms with Crippen molar-refractivity contribution in [2.24, 2.45) is 0 Å². The molecule has 3 nitrogen and oxygen atoms in total. The monoisotopic (exact) mass is 299 g/mol. The van der Waals surface area contributed by atoms with Crippen LogP contribution >= 0.6 is 0 Å². The van der Waals surface area contributed by atoms with Crippen molar-refractivity contribution >= 4 is 0 Å². The van der Waals surface area contributed by atoms with Gasteiger partial charge >= 0.3 is 0 Å². The first-order valence-corrected chi connectivity index (χ1v) is 7.81. The molecule has 118 valence electrons. The number of benzene rings is 2. The van der Waals surface area contributed by atoms with Crippen LogP contribution in [0.4, 0.5) is 0 Å². The molecule has 2 aromatic rings. The van der Waals surface area contributed by atoms with Crippen LogP contribution in [0, 0.1) is 0 Å². The molecule has 0 saturated heterocycles. The fourth-order valence-corrected chi connectivity index (χ4v) is 2.03. The Balaban J connectivity index is 1.84. The zero-order valence-electron chi connectivity index (χ0n) is 13.4. The van der Waals surface area contributed by atoms with Gasteiger partial charge in [0.2, 0.25) is 0 Å². The Hall–Kier alpha value is -1.84. The van der Waals surface area contributed by atoms with E-state index in [-0.39, 0.29) is 6.10 Å². The number of para-hydroxylation sites is 1. The highest BCUT2D eigenvalue weighted by atomic mass is 16.5.